The summed E-state index contributed by atoms with van der Waals surface area (Å²) in [6.07, 6.45) is -0.955. The number of halogens is 1. The van der Waals surface area contributed by atoms with Crippen LogP contribution in [0.25, 0.3) is 0 Å². The second kappa shape index (κ2) is 8.62. The number of piperazine rings is 1. The van der Waals surface area contributed by atoms with Crippen molar-refractivity contribution in [3.05, 3.63) is 34.9 Å². The van der Waals surface area contributed by atoms with Gasteiger partial charge in [-0.1, -0.05) is 29.8 Å². The molecule has 2 saturated heterocycles. The summed E-state index contributed by atoms with van der Waals surface area (Å²) in [6, 6.07) is 6.32. The average molecular weight is 449 g/mol. The Kier molecular flexibility index (Phi) is 5.90. The number of carbonyl (C=O) groups is 3. The highest BCUT2D eigenvalue weighted by atomic mass is 35.5. The lowest BCUT2D eigenvalue weighted by Crippen LogP contribution is -2.64. The standard InChI is InChI=1S/C20H25ClN6O4/c1-3-31-20(30)26-10-8-25(9-11-26)18-22-16-15(17(28)23-19(29)24(16)2)27(18)12-13-6-4-5-7-14(13)21/h4-7,15-16H,3,8-12H2,1-2H3,(H,23,28,29). The first-order valence-electron chi connectivity index (χ1n) is 10.2. The van der Waals surface area contributed by atoms with Crippen LogP contribution in [0.3, 0.4) is 0 Å². The van der Waals surface area contributed by atoms with Gasteiger partial charge >= 0.3 is 12.1 Å². The number of aliphatic imine (C=N–C) groups is 1. The molecule has 11 heteroatoms. The first-order valence-corrected chi connectivity index (χ1v) is 10.6. The number of rotatable bonds is 3. The minimum atomic E-state index is -0.656. The van der Waals surface area contributed by atoms with Crippen LogP contribution in [0, 0.1) is 0 Å². The van der Waals surface area contributed by atoms with Gasteiger partial charge in [0, 0.05) is 44.8 Å². The Labute approximate surface area is 185 Å². The van der Waals surface area contributed by atoms with Gasteiger partial charge in [-0.15, -0.1) is 0 Å². The molecule has 0 aliphatic carbocycles. The first-order chi connectivity index (χ1) is 14.9. The smallest absolute Gasteiger partial charge is 0.409 e. The quantitative estimate of drug-likeness (QED) is 0.745. The molecule has 1 aromatic rings. The molecular formula is C20H25ClN6O4. The Bertz CT molecular complexity index is 917. The lowest BCUT2D eigenvalue weighted by atomic mass is 10.1. The molecule has 1 N–H and O–H groups in total. The van der Waals surface area contributed by atoms with E-state index in [9.17, 15) is 14.4 Å². The molecule has 4 rings (SSSR count). The minimum absolute atomic E-state index is 0.330. The Balaban J connectivity index is 1.59. The molecule has 0 saturated carbocycles. The molecule has 3 heterocycles. The molecule has 0 radical (unpaired) electrons. The van der Waals surface area contributed by atoms with Crippen molar-refractivity contribution < 1.29 is 19.1 Å². The van der Waals surface area contributed by atoms with E-state index in [1.165, 1.54) is 4.90 Å². The van der Waals surface area contributed by atoms with E-state index in [0.29, 0.717) is 50.3 Å². The normalized spacial score (nSPS) is 23.5. The van der Waals surface area contributed by atoms with Crippen LogP contribution in [0.15, 0.2) is 29.3 Å². The average Bonchev–Trinajstić information content (AvgIpc) is 3.14. The van der Waals surface area contributed by atoms with Gasteiger partial charge in [0.2, 0.25) is 0 Å². The third-order valence-corrected chi connectivity index (χ3v) is 6.09. The second-order valence-electron chi connectivity index (χ2n) is 7.59. The van der Waals surface area contributed by atoms with E-state index in [4.69, 9.17) is 21.3 Å². The number of benzene rings is 1. The highest BCUT2D eigenvalue weighted by molar-refractivity contribution is 6.31. The highest BCUT2D eigenvalue weighted by Crippen LogP contribution is 2.29. The van der Waals surface area contributed by atoms with Gasteiger partial charge in [-0.3, -0.25) is 10.1 Å². The molecule has 0 bridgehead atoms. The van der Waals surface area contributed by atoms with Crippen molar-refractivity contribution in [2.75, 3.05) is 39.8 Å². The van der Waals surface area contributed by atoms with Crippen molar-refractivity contribution >= 4 is 35.6 Å². The molecular weight excluding hydrogens is 424 g/mol. The van der Waals surface area contributed by atoms with E-state index in [-0.39, 0.29) is 12.0 Å². The van der Waals surface area contributed by atoms with Gasteiger partial charge in [-0.25, -0.2) is 14.6 Å². The summed E-state index contributed by atoms with van der Waals surface area (Å²) in [5.41, 5.74) is 0.857. The molecule has 3 aliphatic heterocycles. The van der Waals surface area contributed by atoms with Gasteiger partial charge in [0.25, 0.3) is 5.91 Å². The van der Waals surface area contributed by atoms with Crippen LogP contribution in [0.1, 0.15) is 12.5 Å². The minimum Gasteiger partial charge on any atom is -0.450 e. The van der Waals surface area contributed by atoms with Gasteiger partial charge in [-0.2, -0.15) is 0 Å². The van der Waals surface area contributed by atoms with E-state index in [1.54, 1.807) is 24.9 Å². The maximum atomic E-state index is 12.8. The predicted octanol–water partition coefficient (Wildman–Crippen LogP) is 1.16. The Morgan fingerprint density at radius 1 is 1.23 bits per heavy atom. The van der Waals surface area contributed by atoms with Crippen LogP contribution in [0.2, 0.25) is 5.02 Å². The fourth-order valence-electron chi connectivity index (χ4n) is 4.06. The fourth-order valence-corrected chi connectivity index (χ4v) is 4.25. The number of guanidine groups is 1. The molecule has 0 spiro atoms. The van der Waals surface area contributed by atoms with Crippen molar-refractivity contribution in [2.24, 2.45) is 4.99 Å². The number of hydrogen-bond donors (Lipinski definition) is 1. The number of imide groups is 1. The van der Waals surface area contributed by atoms with E-state index in [0.717, 1.165) is 5.56 Å². The lowest BCUT2D eigenvalue weighted by Gasteiger charge is -2.40. The summed E-state index contributed by atoms with van der Waals surface area (Å²) in [5.74, 6) is 0.235. The molecule has 0 aromatic heterocycles. The Morgan fingerprint density at radius 3 is 2.61 bits per heavy atom. The molecule has 3 aliphatic rings. The van der Waals surface area contributed by atoms with Crippen LogP contribution < -0.4 is 5.32 Å². The van der Waals surface area contributed by atoms with Crippen LogP contribution in [0.4, 0.5) is 9.59 Å². The summed E-state index contributed by atoms with van der Waals surface area (Å²) in [7, 11) is 1.62. The Morgan fingerprint density at radius 2 is 1.94 bits per heavy atom. The van der Waals surface area contributed by atoms with Gasteiger partial charge in [0.1, 0.15) is 0 Å². The molecule has 2 atom stereocenters. The zero-order chi connectivity index (χ0) is 22.1. The van der Waals surface area contributed by atoms with E-state index >= 15 is 0 Å². The molecule has 166 valence electrons. The van der Waals surface area contributed by atoms with Crippen molar-refractivity contribution in [1.29, 1.82) is 0 Å². The highest BCUT2D eigenvalue weighted by Gasteiger charge is 2.50. The zero-order valence-corrected chi connectivity index (χ0v) is 18.2. The summed E-state index contributed by atoms with van der Waals surface area (Å²) in [6.45, 7) is 4.51. The van der Waals surface area contributed by atoms with Crippen molar-refractivity contribution in [3.63, 3.8) is 0 Å². The molecule has 4 amide bonds. The summed E-state index contributed by atoms with van der Waals surface area (Å²) in [5, 5.41) is 3.00. The Hall–Kier alpha value is -3.01. The second-order valence-corrected chi connectivity index (χ2v) is 7.99. The first kappa shape index (κ1) is 21.2. The summed E-state index contributed by atoms with van der Waals surface area (Å²) in [4.78, 5) is 48.7. The van der Waals surface area contributed by atoms with Gasteiger partial charge in [0.05, 0.1) is 6.61 Å². The third-order valence-electron chi connectivity index (χ3n) is 5.73. The number of nitrogens with one attached hydrogen (secondary N) is 1. The molecule has 2 unspecified atom stereocenters. The lowest BCUT2D eigenvalue weighted by molar-refractivity contribution is -0.127. The van der Waals surface area contributed by atoms with Gasteiger partial charge in [-0.05, 0) is 18.6 Å². The van der Waals surface area contributed by atoms with Crippen molar-refractivity contribution in [3.8, 4) is 0 Å². The zero-order valence-electron chi connectivity index (χ0n) is 17.5. The molecule has 2 fully saturated rings. The number of likely N-dealkylation sites (N-methyl/N-ethyl adjacent to an activating group) is 1. The van der Waals surface area contributed by atoms with E-state index in [2.05, 4.69) is 5.32 Å². The molecule has 10 nitrogen and oxygen atoms in total. The number of nitrogens with zero attached hydrogens (tertiary/aromatic N) is 5. The van der Waals surface area contributed by atoms with E-state index < -0.39 is 18.2 Å². The third kappa shape index (κ3) is 3.99. The fraction of sp³-hybridized carbons (Fsp3) is 0.500. The van der Waals surface area contributed by atoms with Crippen LogP contribution in [0.5, 0.6) is 0 Å². The van der Waals surface area contributed by atoms with Crippen molar-refractivity contribution in [2.45, 2.75) is 25.7 Å². The molecule has 31 heavy (non-hydrogen) atoms. The molecule has 1 aromatic carbocycles. The number of amides is 4. The van der Waals surface area contributed by atoms with Crippen LogP contribution in [-0.2, 0) is 16.1 Å². The maximum Gasteiger partial charge on any atom is 0.409 e. The van der Waals surface area contributed by atoms with Crippen LogP contribution >= 0.6 is 11.6 Å². The number of ether oxygens (including phenoxy) is 1. The number of hydrogen-bond acceptors (Lipinski definition) is 7. The number of urea groups is 1. The monoisotopic (exact) mass is 448 g/mol. The number of fused-ring (bicyclic) bond motifs is 1. The maximum absolute atomic E-state index is 12.8. The van der Waals surface area contributed by atoms with Gasteiger partial charge < -0.3 is 24.3 Å². The predicted molar refractivity (Wildman–Crippen MR) is 113 cm³/mol. The number of carbonyl (C=O) groups excluding carboxylic acids is 3. The van der Waals surface area contributed by atoms with Gasteiger partial charge in [0.15, 0.2) is 18.2 Å². The summed E-state index contributed by atoms with van der Waals surface area (Å²) < 4.78 is 5.09. The SMILES string of the molecule is CCOC(=O)N1CCN(C2=NC3C(C(=O)NC(=O)N3C)N2Cc2ccccc2Cl)CC1. The summed E-state index contributed by atoms with van der Waals surface area (Å²) >= 11 is 6.38. The van der Waals surface area contributed by atoms with Crippen molar-refractivity contribution in [1.82, 2.24) is 24.9 Å². The van der Waals surface area contributed by atoms with Crippen LogP contribution in [-0.4, -0.2) is 95.6 Å². The largest absolute Gasteiger partial charge is 0.450 e. The van der Waals surface area contributed by atoms with E-state index in [1.807, 2.05) is 28.0 Å². The topological polar surface area (TPSA) is 97.8 Å².